The third-order valence-corrected chi connectivity index (χ3v) is 2.30. The minimum atomic E-state index is -1.36. The normalized spacial score (nSPS) is 49.2. The van der Waals surface area contributed by atoms with Gasteiger partial charge in [0, 0.05) is 0 Å². The fourth-order valence-corrected chi connectivity index (χ4v) is 1.27. The molecule has 0 unspecified atom stereocenters. The van der Waals surface area contributed by atoms with Crippen molar-refractivity contribution in [2.75, 3.05) is 6.61 Å². The zero-order chi connectivity index (χ0) is 9.30. The topological polar surface area (TPSA) is 90.2 Å². The van der Waals surface area contributed by atoms with Crippen LogP contribution in [0, 0.1) is 0 Å². The Hall–Kier alpha value is 0.0900. The van der Waals surface area contributed by atoms with Crippen LogP contribution in [0.15, 0.2) is 0 Å². The molecular formula is C6H11ClO5. The van der Waals surface area contributed by atoms with E-state index in [-0.39, 0.29) is 0 Å². The molecule has 0 aromatic rings. The van der Waals surface area contributed by atoms with Crippen molar-refractivity contribution < 1.29 is 25.2 Å². The van der Waals surface area contributed by atoms with Gasteiger partial charge in [0.1, 0.15) is 23.7 Å². The average molecular weight is 199 g/mol. The molecule has 0 aromatic carbocycles. The van der Waals surface area contributed by atoms with E-state index in [1.165, 1.54) is 0 Å². The van der Waals surface area contributed by atoms with Gasteiger partial charge in [0.15, 0.2) is 6.29 Å². The molecular weight excluding hydrogens is 188 g/mol. The summed E-state index contributed by atoms with van der Waals surface area (Å²) < 4.78 is 4.69. The van der Waals surface area contributed by atoms with Crippen LogP contribution < -0.4 is 0 Å². The molecule has 0 amide bonds. The van der Waals surface area contributed by atoms with E-state index in [1.807, 2.05) is 0 Å². The molecule has 6 heteroatoms. The van der Waals surface area contributed by atoms with Crippen molar-refractivity contribution in [3.05, 3.63) is 0 Å². The van der Waals surface area contributed by atoms with Crippen molar-refractivity contribution in [1.82, 2.24) is 0 Å². The van der Waals surface area contributed by atoms with Crippen molar-refractivity contribution >= 4 is 11.6 Å². The highest BCUT2D eigenvalue weighted by Gasteiger charge is 2.42. The van der Waals surface area contributed by atoms with Gasteiger partial charge in [-0.25, -0.2) is 0 Å². The number of halogens is 1. The Morgan fingerprint density at radius 2 is 1.75 bits per heavy atom. The lowest BCUT2D eigenvalue weighted by atomic mass is 10.0. The third kappa shape index (κ3) is 1.71. The van der Waals surface area contributed by atoms with Crippen LogP contribution in [0.4, 0.5) is 0 Å². The Balaban J connectivity index is 2.63. The summed E-state index contributed by atoms with van der Waals surface area (Å²) in [5.41, 5.74) is 0. The van der Waals surface area contributed by atoms with Crippen LogP contribution in [0.3, 0.4) is 0 Å². The molecule has 1 rings (SSSR count). The van der Waals surface area contributed by atoms with Gasteiger partial charge in [0.05, 0.1) is 6.61 Å². The molecule has 4 N–H and O–H groups in total. The summed E-state index contributed by atoms with van der Waals surface area (Å²) >= 11 is 5.47. The maximum Gasteiger partial charge on any atom is 0.174 e. The second kappa shape index (κ2) is 3.87. The summed E-state index contributed by atoms with van der Waals surface area (Å²) in [6.07, 6.45) is -4.89. The highest BCUT2D eigenvalue weighted by atomic mass is 35.5. The van der Waals surface area contributed by atoms with Gasteiger partial charge >= 0.3 is 0 Å². The quantitative estimate of drug-likeness (QED) is 0.367. The summed E-state index contributed by atoms with van der Waals surface area (Å²) in [5, 5.41) is 35.0. The molecule has 1 aliphatic heterocycles. The van der Waals surface area contributed by atoms with E-state index < -0.39 is 36.6 Å². The first kappa shape index (κ1) is 10.2. The first-order valence-electron chi connectivity index (χ1n) is 3.52. The molecule has 0 spiro atoms. The molecule has 72 valence electrons. The van der Waals surface area contributed by atoms with Gasteiger partial charge in [-0.3, -0.25) is 0 Å². The zero-order valence-corrected chi connectivity index (χ0v) is 6.92. The molecule has 1 fully saturated rings. The Morgan fingerprint density at radius 1 is 1.17 bits per heavy atom. The number of hydrogen-bond donors (Lipinski definition) is 4. The molecule has 5 atom stereocenters. The molecule has 1 aliphatic rings. The van der Waals surface area contributed by atoms with Gasteiger partial charge in [-0.05, 0) is 0 Å². The van der Waals surface area contributed by atoms with E-state index in [2.05, 4.69) is 0 Å². The van der Waals surface area contributed by atoms with Crippen LogP contribution in [-0.4, -0.2) is 57.0 Å². The fourth-order valence-electron chi connectivity index (χ4n) is 1.06. The number of alkyl halides is 1. The lowest BCUT2D eigenvalue weighted by molar-refractivity contribution is -0.236. The van der Waals surface area contributed by atoms with Gasteiger partial charge in [-0.2, -0.15) is 0 Å². The van der Waals surface area contributed by atoms with Crippen molar-refractivity contribution in [3.63, 3.8) is 0 Å². The van der Waals surface area contributed by atoms with E-state index >= 15 is 0 Å². The van der Waals surface area contributed by atoms with Gasteiger partial charge < -0.3 is 25.2 Å². The molecule has 0 saturated carbocycles. The predicted molar refractivity (Wildman–Crippen MR) is 39.6 cm³/mol. The SMILES string of the molecule is OC[C@H]1O[C@@H](O)[C@H](Cl)[C@@H](O)[C@H]1O. The van der Waals surface area contributed by atoms with Crippen LogP contribution in [0.25, 0.3) is 0 Å². The minimum absolute atomic E-state index is 0.473. The maximum absolute atomic E-state index is 9.20. The summed E-state index contributed by atoms with van der Waals surface area (Å²) in [4.78, 5) is 0. The monoisotopic (exact) mass is 198 g/mol. The molecule has 1 saturated heterocycles. The van der Waals surface area contributed by atoms with Crippen molar-refractivity contribution in [3.8, 4) is 0 Å². The smallest absolute Gasteiger partial charge is 0.174 e. The summed E-state index contributed by atoms with van der Waals surface area (Å²) in [6.45, 7) is -0.473. The van der Waals surface area contributed by atoms with Gasteiger partial charge in [0.25, 0.3) is 0 Å². The number of hydrogen-bond acceptors (Lipinski definition) is 5. The third-order valence-electron chi connectivity index (χ3n) is 1.82. The molecule has 12 heavy (non-hydrogen) atoms. The van der Waals surface area contributed by atoms with Crippen LogP contribution in [0.2, 0.25) is 0 Å². The molecule has 0 aromatic heterocycles. The summed E-state index contributed by atoms with van der Waals surface area (Å²) in [6, 6.07) is 0. The van der Waals surface area contributed by atoms with Crippen LogP contribution in [0.5, 0.6) is 0 Å². The Kier molecular flexibility index (Phi) is 3.28. The van der Waals surface area contributed by atoms with Gasteiger partial charge in [-0.1, -0.05) is 0 Å². The van der Waals surface area contributed by atoms with E-state index in [9.17, 15) is 10.2 Å². The largest absolute Gasteiger partial charge is 0.394 e. The van der Waals surface area contributed by atoms with E-state index in [1.54, 1.807) is 0 Å². The van der Waals surface area contributed by atoms with Crippen LogP contribution in [-0.2, 0) is 4.74 Å². The fraction of sp³-hybridized carbons (Fsp3) is 1.00. The molecule has 1 heterocycles. The van der Waals surface area contributed by atoms with Crippen LogP contribution in [0.1, 0.15) is 0 Å². The molecule has 0 bridgehead atoms. The Bertz CT molecular complexity index is 150. The van der Waals surface area contributed by atoms with Crippen molar-refractivity contribution in [2.24, 2.45) is 0 Å². The summed E-state index contributed by atoms with van der Waals surface area (Å²) in [7, 11) is 0. The van der Waals surface area contributed by atoms with Gasteiger partial charge in [0.2, 0.25) is 0 Å². The second-order valence-electron chi connectivity index (χ2n) is 2.67. The Morgan fingerprint density at radius 3 is 2.25 bits per heavy atom. The first-order valence-corrected chi connectivity index (χ1v) is 3.96. The number of ether oxygens (including phenoxy) is 1. The first-order chi connectivity index (χ1) is 5.57. The highest BCUT2D eigenvalue weighted by molar-refractivity contribution is 6.21. The lowest BCUT2D eigenvalue weighted by Gasteiger charge is -2.37. The second-order valence-corrected chi connectivity index (χ2v) is 3.18. The van der Waals surface area contributed by atoms with E-state index in [0.29, 0.717) is 0 Å². The lowest BCUT2D eigenvalue weighted by Crippen LogP contribution is -2.56. The number of aliphatic hydroxyl groups is 4. The average Bonchev–Trinajstić information content (AvgIpc) is 2.08. The molecule has 5 nitrogen and oxygen atoms in total. The number of rotatable bonds is 1. The van der Waals surface area contributed by atoms with E-state index in [0.717, 1.165) is 0 Å². The summed E-state index contributed by atoms with van der Waals surface area (Å²) in [5.74, 6) is 0. The van der Waals surface area contributed by atoms with Gasteiger partial charge in [-0.15, -0.1) is 11.6 Å². The predicted octanol–water partition coefficient (Wildman–Crippen LogP) is -1.97. The number of aliphatic hydroxyl groups excluding tert-OH is 4. The highest BCUT2D eigenvalue weighted by Crippen LogP contribution is 2.23. The van der Waals surface area contributed by atoms with E-state index in [4.69, 9.17) is 26.6 Å². The van der Waals surface area contributed by atoms with Crippen LogP contribution >= 0.6 is 11.6 Å². The molecule has 0 aliphatic carbocycles. The maximum atomic E-state index is 9.20. The van der Waals surface area contributed by atoms with Crippen molar-refractivity contribution in [1.29, 1.82) is 0 Å². The zero-order valence-electron chi connectivity index (χ0n) is 6.17. The molecule has 0 radical (unpaired) electrons. The minimum Gasteiger partial charge on any atom is -0.394 e. The van der Waals surface area contributed by atoms with Crippen molar-refractivity contribution in [2.45, 2.75) is 30.0 Å². The standard InChI is InChI=1S/C6H11ClO5/c7-3-5(10)4(9)2(1-8)12-6(3)11/h2-6,8-11H,1H2/t2-,3-,4+,5-,6-/m1/s1. The Labute approximate surface area is 74.2 Å².